The number of carboxylic acids is 1. The molecule has 0 radical (unpaired) electrons. The Kier molecular flexibility index (Phi) is 3.86. The Labute approximate surface area is 103 Å². The van der Waals surface area contributed by atoms with Crippen molar-refractivity contribution in [2.75, 3.05) is 5.75 Å². The van der Waals surface area contributed by atoms with Crippen LogP contribution in [-0.4, -0.2) is 21.8 Å². The van der Waals surface area contributed by atoms with Crippen LogP contribution in [0.4, 0.5) is 0 Å². The predicted molar refractivity (Wildman–Crippen MR) is 66.3 cm³/mol. The molecule has 2 rings (SSSR count). The summed E-state index contributed by atoms with van der Waals surface area (Å²) in [6, 6.07) is 0. The van der Waals surface area contributed by atoms with Gasteiger partial charge in [-0.15, -0.1) is 11.3 Å². The van der Waals surface area contributed by atoms with Gasteiger partial charge in [0.2, 0.25) is 0 Å². The van der Waals surface area contributed by atoms with Gasteiger partial charge in [0.15, 0.2) is 0 Å². The lowest BCUT2D eigenvalue weighted by molar-refractivity contribution is -0.136. The molecule has 1 fully saturated rings. The fraction of sp³-hybridized carbons (Fsp3) is 0.636. The number of aryl methyl sites for hydroxylation is 1. The second kappa shape index (κ2) is 5.19. The third-order valence-corrected chi connectivity index (χ3v) is 5.38. The highest BCUT2D eigenvalue weighted by Gasteiger charge is 2.18. The Morgan fingerprint density at radius 2 is 2.38 bits per heavy atom. The van der Waals surface area contributed by atoms with E-state index in [2.05, 4.69) is 4.98 Å². The lowest BCUT2D eigenvalue weighted by Crippen LogP contribution is -2.12. The van der Waals surface area contributed by atoms with E-state index in [0.717, 1.165) is 26.6 Å². The van der Waals surface area contributed by atoms with Crippen molar-refractivity contribution in [3.8, 4) is 0 Å². The fourth-order valence-electron chi connectivity index (χ4n) is 1.61. The number of aromatic nitrogens is 1. The highest BCUT2D eigenvalue weighted by Crippen LogP contribution is 2.34. The molecular formula is C11H15NO2S2. The van der Waals surface area contributed by atoms with E-state index in [-0.39, 0.29) is 6.42 Å². The third-order valence-electron chi connectivity index (χ3n) is 2.85. The highest BCUT2D eigenvalue weighted by molar-refractivity contribution is 8.01. The number of aliphatic carboxylic acids is 1. The highest BCUT2D eigenvalue weighted by atomic mass is 32.2. The van der Waals surface area contributed by atoms with Gasteiger partial charge < -0.3 is 5.11 Å². The van der Waals surface area contributed by atoms with Gasteiger partial charge in [-0.3, -0.25) is 4.79 Å². The van der Waals surface area contributed by atoms with Crippen LogP contribution < -0.4 is 0 Å². The van der Waals surface area contributed by atoms with E-state index in [1.807, 2.05) is 6.92 Å². The zero-order valence-electron chi connectivity index (χ0n) is 9.23. The molecule has 1 aromatic rings. The van der Waals surface area contributed by atoms with Gasteiger partial charge in [-0.05, 0) is 25.7 Å². The molecule has 1 heterocycles. The first-order chi connectivity index (χ1) is 7.65. The largest absolute Gasteiger partial charge is 0.481 e. The number of hydrogen-bond donors (Lipinski definition) is 1. The Morgan fingerprint density at radius 3 is 2.94 bits per heavy atom. The van der Waals surface area contributed by atoms with E-state index in [1.54, 1.807) is 11.8 Å². The van der Waals surface area contributed by atoms with Gasteiger partial charge in [0.05, 0.1) is 12.1 Å². The Hall–Kier alpha value is -0.550. The van der Waals surface area contributed by atoms with Crippen molar-refractivity contribution in [2.45, 2.75) is 36.9 Å². The third kappa shape index (κ3) is 2.98. The van der Waals surface area contributed by atoms with Crippen molar-refractivity contribution in [1.29, 1.82) is 0 Å². The van der Waals surface area contributed by atoms with Crippen molar-refractivity contribution in [3.63, 3.8) is 0 Å². The van der Waals surface area contributed by atoms with Crippen LogP contribution in [0.15, 0.2) is 4.34 Å². The average Bonchev–Trinajstić information content (AvgIpc) is 2.43. The number of thiazole rings is 1. The van der Waals surface area contributed by atoms with Crippen LogP contribution in [-0.2, 0) is 11.2 Å². The molecule has 1 aliphatic rings. The molecule has 1 saturated carbocycles. The number of rotatable bonds is 5. The maximum atomic E-state index is 10.6. The SMILES string of the molecule is Cc1nc(SCC2CCC2)sc1CC(=O)O. The second-order valence-corrected chi connectivity index (χ2v) is 6.52. The summed E-state index contributed by atoms with van der Waals surface area (Å²) in [5, 5.41) is 8.74. The maximum absolute atomic E-state index is 10.6. The molecule has 1 aromatic heterocycles. The van der Waals surface area contributed by atoms with Crippen LogP contribution in [0.3, 0.4) is 0 Å². The summed E-state index contributed by atoms with van der Waals surface area (Å²) in [7, 11) is 0. The molecular weight excluding hydrogens is 242 g/mol. The molecule has 0 amide bonds. The van der Waals surface area contributed by atoms with Crippen LogP contribution in [0.5, 0.6) is 0 Å². The summed E-state index contributed by atoms with van der Waals surface area (Å²) < 4.78 is 1.03. The van der Waals surface area contributed by atoms with Crippen molar-refractivity contribution < 1.29 is 9.90 Å². The van der Waals surface area contributed by atoms with E-state index in [0.29, 0.717) is 0 Å². The van der Waals surface area contributed by atoms with Gasteiger partial charge in [0, 0.05) is 10.6 Å². The fourth-order valence-corrected chi connectivity index (χ4v) is 4.05. The van der Waals surface area contributed by atoms with Gasteiger partial charge in [-0.1, -0.05) is 18.2 Å². The molecule has 16 heavy (non-hydrogen) atoms. The van der Waals surface area contributed by atoms with E-state index >= 15 is 0 Å². The van der Waals surface area contributed by atoms with Gasteiger partial charge >= 0.3 is 5.97 Å². The summed E-state index contributed by atoms with van der Waals surface area (Å²) in [5.41, 5.74) is 0.878. The van der Waals surface area contributed by atoms with Crippen LogP contribution >= 0.6 is 23.1 Å². The monoisotopic (exact) mass is 257 g/mol. The van der Waals surface area contributed by atoms with Crippen LogP contribution in [0, 0.1) is 12.8 Å². The lowest BCUT2D eigenvalue weighted by Gasteiger charge is -2.23. The predicted octanol–water partition coefficient (Wildman–Crippen LogP) is 2.97. The smallest absolute Gasteiger partial charge is 0.308 e. The molecule has 5 heteroatoms. The zero-order chi connectivity index (χ0) is 11.5. The first-order valence-electron chi connectivity index (χ1n) is 5.46. The van der Waals surface area contributed by atoms with E-state index in [1.165, 1.54) is 30.6 Å². The first-order valence-corrected chi connectivity index (χ1v) is 7.26. The van der Waals surface area contributed by atoms with Crippen LogP contribution in [0.25, 0.3) is 0 Å². The number of carbonyl (C=O) groups is 1. The summed E-state index contributed by atoms with van der Waals surface area (Å²) in [6.07, 6.45) is 4.17. The van der Waals surface area contributed by atoms with Gasteiger partial charge in [-0.25, -0.2) is 4.98 Å². The molecule has 88 valence electrons. The Morgan fingerprint density at radius 1 is 1.62 bits per heavy atom. The quantitative estimate of drug-likeness (QED) is 0.824. The molecule has 1 aliphatic carbocycles. The number of carboxylic acid groups (broad SMARTS) is 1. The Bertz CT molecular complexity index is 385. The zero-order valence-corrected chi connectivity index (χ0v) is 10.9. The molecule has 0 aliphatic heterocycles. The molecule has 0 bridgehead atoms. The maximum Gasteiger partial charge on any atom is 0.308 e. The number of nitrogens with zero attached hydrogens (tertiary/aromatic N) is 1. The topological polar surface area (TPSA) is 50.2 Å². The molecule has 1 N–H and O–H groups in total. The van der Waals surface area contributed by atoms with Crippen molar-refractivity contribution in [1.82, 2.24) is 4.98 Å². The van der Waals surface area contributed by atoms with Crippen LogP contribution in [0.2, 0.25) is 0 Å². The second-order valence-electron chi connectivity index (χ2n) is 4.17. The van der Waals surface area contributed by atoms with E-state index in [9.17, 15) is 4.79 Å². The summed E-state index contributed by atoms with van der Waals surface area (Å²) >= 11 is 3.32. The number of hydrogen-bond acceptors (Lipinski definition) is 4. The minimum absolute atomic E-state index is 0.105. The lowest BCUT2D eigenvalue weighted by atomic mass is 9.87. The molecule has 0 unspecified atom stereocenters. The Balaban J connectivity index is 1.91. The average molecular weight is 257 g/mol. The first kappa shape index (κ1) is 11.9. The van der Waals surface area contributed by atoms with E-state index < -0.39 is 5.97 Å². The van der Waals surface area contributed by atoms with Gasteiger partial charge in [-0.2, -0.15) is 0 Å². The normalized spacial score (nSPS) is 16.1. The minimum atomic E-state index is -0.776. The van der Waals surface area contributed by atoms with Crippen molar-refractivity contribution in [2.24, 2.45) is 5.92 Å². The standard InChI is InChI=1S/C11H15NO2S2/c1-7-9(5-10(13)14)16-11(12-7)15-6-8-3-2-4-8/h8H,2-6H2,1H3,(H,13,14). The summed E-state index contributed by atoms with van der Waals surface area (Å²) in [6.45, 7) is 1.89. The molecule has 0 saturated heterocycles. The minimum Gasteiger partial charge on any atom is -0.481 e. The van der Waals surface area contributed by atoms with Crippen LogP contribution in [0.1, 0.15) is 29.8 Å². The van der Waals surface area contributed by atoms with Crippen molar-refractivity contribution >= 4 is 29.1 Å². The molecule has 0 atom stereocenters. The molecule has 0 aromatic carbocycles. The van der Waals surface area contributed by atoms with Gasteiger partial charge in [0.25, 0.3) is 0 Å². The molecule has 3 nitrogen and oxygen atoms in total. The van der Waals surface area contributed by atoms with Gasteiger partial charge in [0.1, 0.15) is 4.34 Å². The van der Waals surface area contributed by atoms with Crippen molar-refractivity contribution in [3.05, 3.63) is 10.6 Å². The number of thioether (sulfide) groups is 1. The summed E-state index contributed by atoms with van der Waals surface area (Å²) in [5.74, 6) is 1.22. The summed E-state index contributed by atoms with van der Waals surface area (Å²) in [4.78, 5) is 15.9. The molecule has 0 spiro atoms. The van der Waals surface area contributed by atoms with E-state index in [4.69, 9.17) is 5.11 Å².